The number of aromatic nitrogens is 1. The molecular weight excluding hydrogens is 453 g/mol. The maximum absolute atomic E-state index is 14.8. The van der Waals surface area contributed by atoms with Crippen molar-refractivity contribution < 1.29 is 19.0 Å². The van der Waals surface area contributed by atoms with Crippen LogP contribution in [0.5, 0.6) is 5.75 Å². The van der Waals surface area contributed by atoms with E-state index in [1.54, 1.807) is 25.3 Å². The SMILES string of the molecule is COc1ccc2ncc(F)c([C@@H](N)CC[C@H]3CCN(CCSC4CCCC4)C[C@H]3C(=O)O)c2c1. The average molecular weight is 490 g/mol. The van der Waals surface area contributed by atoms with Crippen molar-refractivity contribution in [3.8, 4) is 5.75 Å². The summed E-state index contributed by atoms with van der Waals surface area (Å²) in [7, 11) is 1.57. The number of fused-ring (bicyclic) bond motifs is 1. The number of carboxylic acids is 1. The summed E-state index contributed by atoms with van der Waals surface area (Å²) >= 11 is 2.05. The zero-order chi connectivity index (χ0) is 24.1. The molecule has 0 spiro atoms. The number of hydrogen-bond acceptors (Lipinski definition) is 6. The fourth-order valence-corrected chi connectivity index (χ4v) is 6.87. The molecule has 2 fully saturated rings. The molecule has 4 rings (SSSR count). The van der Waals surface area contributed by atoms with E-state index in [1.165, 1.54) is 31.9 Å². The molecule has 1 saturated carbocycles. The van der Waals surface area contributed by atoms with Gasteiger partial charge < -0.3 is 20.5 Å². The van der Waals surface area contributed by atoms with Crippen LogP contribution < -0.4 is 10.5 Å². The van der Waals surface area contributed by atoms with E-state index < -0.39 is 23.7 Å². The monoisotopic (exact) mass is 489 g/mol. The van der Waals surface area contributed by atoms with Crippen LogP contribution in [-0.4, -0.2) is 58.7 Å². The van der Waals surface area contributed by atoms with Gasteiger partial charge in [-0.15, -0.1) is 0 Å². The lowest BCUT2D eigenvalue weighted by atomic mass is 9.81. The maximum atomic E-state index is 14.8. The van der Waals surface area contributed by atoms with Gasteiger partial charge in [0.25, 0.3) is 0 Å². The fraction of sp³-hybridized carbons (Fsp3) is 0.615. The van der Waals surface area contributed by atoms with Crippen LogP contribution in [0.2, 0.25) is 0 Å². The standard InChI is InChI=1S/C26H36FN3O3S/c1-33-18-7-9-24-20(14-18)25(22(27)15-29-24)23(28)8-6-17-10-11-30(16-21(17)26(31)32)12-13-34-19-4-2-3-5-19/h7,9,14-15,17,19,21,23H,2-6,8,10-13,16,28H2,1H3,(H,31,32)/t17-,21+,23-/m0/s1. The molecule has 3 atom stereocenters. The average Bonchev–Trinajstić information content (AvgIpc) is 3.36. The van der Waals surface area contributed by atoms with Crippen molar-refractivity contribution in [1.29, 1.82) is 0 Å². The van der Waals surface area contributed by atoms with Gasteiger partial charge in [-0.05, 0) is 62.8 Å². The molecule has 34 heavy (non-hydrogen) atoms. The zero-order valence-corrected chi connectivity index (χ0v) is 20.7. The zero-order valence-electron chi connectivity index (χ0n) is 19.9. The number of thioether (sulfide) groups is 1. The second kappa shape index (κ2) is 11.7. The summed E-state index contributed by atoms with van der Waals surface area (Å²) in [6.07, 6.45) is 8.58. The molecule has 8 heteroatoms. The lowest BCUT2D eigenvalue weighted by Gasteiger charge is -2.37. The number of carboxylic acid groups (broad SMARTS) is 1. The van der Waals surface area contributed by atoms with Gasteiger partial charge in [0.1, 0.15) is 11.6 Å². The smallest absolute Gasteiger partial charge is 0.308 e. The van der Waals surface area contributed by atoms with E-state index >= 15 is 0 Å². The van der Waals surface area contributed by atoms with Crippen molar-refractivity contribution in [2.24, 2.45) is 17.6 Å². The van der Waals surface area contributed by atoms with Crippen LogP contribution in [0.1, 0.15) is 56.6 Å². The summed E-state index contributed by atoms with van der Waals surface area (Å²) in [5.41, 5.74) is 7.57. The predicted octanol–water partition coefficient (Wildman–Crippen LogP) is 4.86. The molecule has 1 aliphatic carbocycles. The number of rotatable bonds is 10. The number of nitrogens with zero attached hydrogens (tertiary/aromatic N) is 2. The number of aliphatic carboxylic acids is 1. The maximum Gasteiger partial charge on any atom is 0.308 e. The molecule has 186 valence electrons. The Bertz CT molecular complexity index is 985. The molecule has 0 amide bonds. The first-order valence-electron chi connectivity index (χ1n) is 12.4. The molecule has 0 unspecified atom stereocenters. The van der Waals surface area contributed by atoms with E-state index in [1.807, 2.05) is 11.8 Å². The molecule has 1 aromatic heterocycles. The topological polar surface area (TPSA) is 88.7 Å². The Labute approximate surface area is 205 Å². The Morgan fingerprint density at radius 3 is 2.88 bits per heavy atom. The third-order valence-electron chi connectivity index (χ3n) is 7.51. The first-order valence-corrected chi connectivity index (χ1v) is 13.5. The molecule has 6 nitrogen and oxygen atoms in total. The summed E-state index contributed by atoms with van der Waals surface area (Å²) in [5.74, 6) is 0.168. The van der Waals surface area contributed by atoms with Crippen molar-refractivity contribution in [1.82, 2.24) is 9.88 Å². The lowest BCUT2D eigenvalue weighted by Crippen LogP contribution is -2.44. The van der Waals surface area contributed by atoms with Gasteiger partial charge in [0.15, 0.2) is 0 Å². The van der Waals surface area contributed by atoms with Crippen molar-refractivity contribution in [3.05, 3.63) is 35.8 Å². The number of hydrogen-bond donors (Lipinski definition) is 2. The molecule has 1 aromatic carbocycles. The highest BCUT2D eigenvalue weighted by molar-refractivity contribution is 7.99. The Kier molecular flexibility index (Phi) is 8.66. The summed E-state index contributed by atoms with van der Waals surface area (Å²) in [4.78, 5) is 18.5. The number of halogens is 1. The van der Waals surface area contributed by atoms with Crippen LogP contribution in [0.15, 0.2) is 24.4 Å². The lowest BCUT2D eigenvalue weighted by molar-refractivity contribution is -0.146. The highest BCUT2D eigenvalue weighted by atomic mass is 32.2. The number of likely N-dealkylation sites (tertiary alicyclic amines) is 1. The van der Waals surface area contributed by atoms with Gasteiger partial charge in [-0.3, -0.25) is 9.78 Å². The summed E-state index contributed by atoms with van der Waals surface area (Å²) < 4.78 is 20.1. The van der Waals surface area contributed by atoms with Crippen LogP contribution >= 0.6 is 11.8 Å². The van der Waals surface area contributed by atoms with Gasteiger partial charge in [-0.25, -0.2) is 4.39 Å². The second-order valence-corrected chi connectivity index (χ2v) is 11.1. The normalized spacial score (nSPS) is 22.8. The third kappa shape index (κ3) is 6.01. The van der Waals surface area contributed by atoms with Crippen molar-refractivity contribution in [2.75, 3.05) is 32.5 Å². The number of carbonyl (C=O) groups is 1. The van der Waals surface area contributed by atoms with E-state index in [0.717, 1.165) is 30.5 Å². The number of methoxy groups -OCH3 is 1. The van der Waals surface area contributed by atoms with Crippen LogP contribution in [0.25, 0.3) is 10.9 Å². The van der Waals surface area contributed by atoms with Crippen LogP contribution in [0, 0.1) is 17.7 Å². The molecule has 2 aliphatic rings. The molecule has 2 heterocycles. The number of piperidine rings is 1. The Hall–Kier alpha value is -1.90. The number of benzene rings is 1. The molecule has 3 N–H and O–H groups in total. The van der Waals surface area contributed by atoms with E-state index in [4.69, 9.17) is 10.5 Å². The minimum atomic E-state index is -0.739. The number of pyridine rings is 1. The van der Waals surface area contributed by atoms with Gasteiger partial charge in [0, 0.05) is 41.1 Å². The molecule has 1 aliphatic heterocycles. The van der Waals surface area contributed by atoms with Crippen molar-refractivity contribution in [3.63, 3.8) is 0 Å². The summed E-state index contributed by atoms with van der Waals surface area (Å²) in [5, 5.41) is 11.3. The Morgan fingerprint density at radius 2 is 2.15 bits per heavy atom. The predicted molar refractivity (Wildman–Crippen MR) is 135 cm³/mol. The molecular formula is C26H36FN3O3S. The Balaban J connectivity index is 1.36. The number of ether oxygens (including phenoxy) is 1. The van der Waals surface area contributed by atoms with Gasteiger partial charge in [-0.1, -0.05) is 12.8 Å². The molecule has 1 saturated heterocycles. The third-order valence-corrected chi connectivity index (χ3v) is 8.87. The van der Waals surface area contributed by atoms with Gasteiger partial charge in [0.05, 0.1) is 24.7 Å². The molecule has 2 aromatic rings. The van der Waals surface area contributed by atoms with E-state index in [2.05, 4.69) is 9.88 Å². The summed E-state index contributed by atoms with van der Waals surface area (Å²) in [6.45, 7) is 2.45. The van der Waals surface area contributed by atoms with Gasteiger partial charge in [0.2, 0.25) is 0 Å². The van der Waals surface area contributed by atoms with E-state index in [9.17, 15) is 14.3 Å². The minimum Gasteiger partial charge on any atom is -0.497 e. The van der Waals surface area contributed by atoms with Gasteiger partial charge in [-0.2, -0.15) is 11.8 Å². The second-order valence-electron chi connectivity index (χ2n) is 9.66. The van der Waals surface area contributed by atoms with E-state index in [0.29, 0.717) is 41.6 Å². The minimum absolute atomic E-state index is 0.0491. The number of nitrogens with two attached hydrogens (primary N) is 1. The van der Waals surface area contributed by atoms with E-state index in [-0.39, 0.29) is 5.92 Å². The highest BCUT2D eigenvalue weighted by Gasteiger charge is 2.34. The summed E-state index contributed by atoms with van der Waals surface area (Å²) in [6, 6.07) is 4.82. The largest absolute Gasteiger partial charge is 0.497 e. The molecule has 0 radical (unpaired) electrons. The van der Waals surface area contributed by atoms with Crippen LogP contribution in [0.4, 0.5) is 4.39 Å². The first-order chi connectivity index (χ1) is 16.5. The van der Waals surface area contributed by atoms with Gasteiger partial charge >= 0.3 is 5.97 Å². The van der Waals surface area contributed by atoms with Crippen LogP contribution in [0.3, 0.4) is 0 Å². The first kappa shape index (κ1) is 25.2. The van der Waals surface area contributed by atoms with Crippen LogP contribution in [-0.2, 0) is 4.79 Å². The van der Waals surface area contributed by atoms with Crippen molar-refractivity contribution >= 4 is 28.6 Å². The van der Waals surface area contributed by atoms with Crippen molar-refractivity contribution in [2.45, 2.75) is 56.2 Å². The quantitative estimate of drug-likeness (QED) is 0.493. The highest BCUT2D eigenvalue weighted by Crippen LogP contribution is 2.34. The Morgan fingerprint density at radius 1 is 1.35 bits per heavy atom. The molecule has 0 bridgehead atoms. The fourth-order valence-electron chi connectivity index (χ4n) is 5.51.